The zero-order chi connectivity index (χ0) is 14.8. The first-order valence-corrected chi connectivity index (χ1v) is 7.69. The van der Waals surface area contributed by atoms with Gasteiger partial charge in [-0.2, -0.15) is 0 Å². The van der Waals surface area contributed by atoms with E-state index in [2.05, 4.69) is 0 Å². The molecule has 0 aromatic heterocycles. The van der Waals surface area contributed by atoms with E-state index < -0.39 is 32.3 Å². The minimum atomic E-state index is -4.26. The summed E-state index contributed by atoms with van der Waals surface area (Å²) in [6.45, 7) is 0.744. The van der Waals surface area contributed by atoms with Gasteiger partial charge in [0.25, 0.3) is 0 Å². The average molecular weight is 307 g/mol. The predicted octanol–water partition coefficient (Wildman–Crippen LogP) is 1.56. The molecular weight excluding hydrogens is 292 g/mol. The first-order valence-electron chi connectivity index (χ1n) is 6.14. The van der Waals surface area contributed by atoms with E-state index in [9.17, 15) is 17.2 Å². The first kappa shape index (κ1) is 15.1. The highest BCUT2D eigenvalue weighted by Gasteiger charge is 2.22. The van der Waals surface area contributed by atoms with Crippen LogP contribution in [0.25, 0.3) is 0 Å². The van der Waals surface area contributed by atoms with Gasteiger partial charge in [-0.15, -0.1) is 0 Å². The van der Waals surface area contributed by atoms with E-state index in [0.717, 1.165) is 12.8 Å². The molecule has 20 heavy (non-hydrogen) atoms. The van der Waals surface area contributed by atoms with E-state index in [-0.39, 0.29) is 12.7 Å². The van der Waals surface area contributed by atoms with Crippen LogP contribution in [0.4, 0.5) is 8.78 Å². The van der Waals surface area contributed by atoms with Crippen LogP contribution in [0.3, 0.4) is 0 Å². The summed E-state index contributed by atoms with van der Waals surface area (Å²) in [6, 6.07) is 1.19. The molecule has 1 aromatic rings. The number of primary sulfonamides is 1. The Bertz CT molecular complexity index is 585. The molecule has 0 spiro atoms. The molecule has 0 bridgehead atoms. The molecule has 1 heterocycles. The molecule has 0 aliphatic carbocycles. The summed E-state index contributed by atoms with van der Waals surface area (Å²) in [7, 11) is -4.26. The predicted molar refractivity (Wildman–Crippen MR) is 66.8 cm³/mol. The van der Waals surface area contributed by atoms with Gasteiger partial charge in [-0.05, 0) is 18.9 Å². The number of halogens is 2. The topological polar surface area (TPSA) is 78.6 Å². The quantitative estimate of drug-likeness (QED) is 0.895. The Balaban J connectivity index is 2.13. The van der Waals surface area contributed by atoms with Crippen LogP contribution in [0, 0.1) is 11.6 Å². The van der Waals surface area contributed by atoms with Gasteiger partial charge in [-0.25, -0.2) is 22.3 Å². The molecule has 1 fully saturated rings. The summed E-state index contributed by atoms with van der Waals surface area (Å²) in [4.78, 5) is -0.692. The molecule has 8 heteroatoms. The molecule has 1 unspecified atom stereocenters. The van der Waals surface area contributed by atoms with Crippen LogP contribution < -0.4 is 9.88 Å². The van der Waals surface area contributed by atoms with Crippen molar-refractivity contribution in [2.45, 2.75) is 30.3 Å². The van der Waals surface area contributed by atoms with Crippen molar-refractivity contribution in [1.29, 1.82) is 0 Å². The zero-order valence-electron chi connectivity index (χ0n) is 10.6. The minimum Gasteiger partial charge on any atom is -0.489 e. The van der Waals surface area contributed by atoms with Crippen LogP contribution in [0.2, 0.25) is 0 Å². The maximum Gasteiger partial charge on any atom is 0.241 e. The van der Waals surface area contributed by atoms with E-state index in [0.29, 0.717) is 25.2 Å². The fraction of sp³-hybridized carbons (Fsp3) is 0.500. The van der Waals surface area contributed by atoms with Crippen molar-refractivity contribution in [1.82, 2.24) is 0 Å². The summed E-state index contributed by atoms with van der Waals surface area (Å²) in [6.07, 6.45) is 2.37. The Morgan fingerprint density at radius 2 is 2.15 bits per heavy atom. The molecule has 1 atom stereocenters. The second-order valence-corrected chi connectivity index (χ2v) is 6.06. The first-order chi connectivity index (χ1) is 9.38. The lowest BCUT2D eigenvalue weighted by Gasteiger charge is -2.13. The molecule has 1 saturated heterocycles. The number of sulfonamides is 1. The summed E-state index contributed by atoms with van der Waals surface area (Å²) >= 11 is 0. The third-order valence-corrected chi connectivity index (χ3v) is 3.91. The molecule has 2 rings (SSSR count). The van der Waals surface area contributed by atoms with Crippen LogP contribution in [-0.4, -0.2) is 27.7 Å². The molecule has 0 saturated carbocycles. The van der Waals surface area contributed by atoms with Crippen LogP contribution in [-0.2, 0) is 14.8 Å². The summed E-state index contributed by atoms with van der Waals surface area (Å²) in [5.74, 6) is -2.67. The highest BCUT2D eigenvalue weighted by atomic mass is 32.2. The summed E-state index contributed by atoms with van der Waals surface area (Å²) < 4.78 is 59.8. The van der Waals surface area contributed by atoms with Crippen molar-refractivity contribution in [3.05, 3.63) is 23.8 Å². The number of nitrogens with two attached hydrogens (primary N) is 1. The lowest BCUT2D eigenvalue weighted by Crippen LogP contribution is -2.17. The van der Waals surface area contributed by atoms with Gasteiger partial charge in [-0.1, -0.05) is 0 Å². The van der Waals surface area contributed by atoms with E-state index >= 15 is 0 Å². The van der Waals surface area contributed by atoms with Gasteiger partial charge in [0.1, 0.15) is 10.7 Å². The third-order valence-electron chi connectivity index (χ3n) is 2.99. The Hall–Kier alpha value is -1.25. The smallest absolute Gasteiger partial charge is 0.241 e. The van der Waals surface area contributed by atoms with Crippen LogP contribution in [0.1, 0.15) is 19.3 Å². The second-order valence-electron chi connectivity index (χ2n) is 4.53. The van der Waals surface area contributed by atoms with Crippen molar-refractivity contribution in [3.63, 3.8) is 0 Å². The largest absolute Gasteiger partial charge is 0.489 e. The molecular formula is C12H15F2NO4S. The SMILES string of the molecule is NS(=O)(=O)c1cc(F)cc(F)c1OCCC1CCCO1. The van der Waals surface area contributed by atoms with E-state index in [1.807, 2.05) is 0 Å². The van der Waals surface area contributed by atoms with Gasteiger partial charge in [-0.3, -0.25) is 0 Å². The van der Waals surface area contributed by atoms with Crippen molar-refractivity contribution in [2.24, 2.45) is 5.14 Å². The minimum absolute atomic E-state index is 0.0245. The van der Waals surface area contributed by atoms with Crippen LogP contribution in [0.5, 0.6) is 5.75 Å². The van der Waals surface area contributed by atoms with Crippen LogP contribution >= 0.6 is 0 Å². The molecule has 1 aromatic carbocycles. The number of benzene rings is 1. The van der Waals surface area contributed by atoms with Crippen molar-refractivity contribution in [2.75, 3.05) is 13.2 Å². The van der Waals surface area contributed by atoms with Gasteiger partial charge in [0.15, 0.2) is 11.6 Å². The highest BCUT2D eigenvalue weighted by Crippen LogP contribution is 2.28. The number of rotatable bonds is 5. The van der Waals surface area contributed by atoms with Gasteiger partial charge in [0, 0.05) is 19.1 Å². The van der Waals surface area contributed by atoms with Gasteiger partial charge in [0.2, 0.25) is 10.0 Å². The number of hydrogen-bond donors (Lipinski definition) is 1. The molecule has 112 valence electrons. The van der Waals surface area contributed by atoms with Crippen LogP contribution in [0.15, 0.2) is 17.0 Å². The monoisotopic (exact) mass is 307 g/mol. The highest BCUT2D eigenvalue weighted by molar-refractivity contribution is 7.89. The summed E-state index contributed by atoms with van der Waals surface area (Å²) in [5.41, 5.74) is 0. The molecule has 0 amide bonds. The Morgan fingerprint density at radius 1 is 1.40 bits per heavy atom. The third kappa shape index (κ3) is 3.65. The molecule has 5 nitrogen and oxygen atoms in total. The second kappa shape index (κ2) is 6.02. The lowest BCUT2D eigenvalue weighted by atomic mass is 10.2. The maximum atomic E-state index is 13.6. The van der Waals surface area contributed by atoms with E-state index in [4.69, 9.17) is 14.6 Å². The zero-order valence-corrected chi connectivity index (χ0v) is 11.5. The fourth-order valence-electron chi connectivity index (χ4n) is 2.05. The Morgan fingerprint density at radius 3 is 2.75 bits per heavy atom. The van der Waals surface area contributed by atoms with E-state index in [1.54, 1.807) is 0 Å². The van der Waals surface area contributed by atoms with Crippen molar-refractivity contribution in [3.8, 4) is 5.75 Å². The van der Waals surface area contributed by atoms with Gasteiger partial charge >= 0.3 is 0 Å². The lowest BCUT2D eigenvalue weighted by molar-refractivity contribution is 0.0892. The average Bonchev–Trinajstić information content (AvgIpc) is 2.83. The van der Waals surface area contributed by atoms with E-state index in [1.165, 1.54) is 0 Å². The standard InChI is InChI=1S/C12H15F2NO4S/c13-8-6-10(14)12(11(7-8)20(15,16)17)19-5-3-9-2-1-4-18-9/h6-7,9H,1-5H2,(H2,15,16,17). The normalized spacial score (nSPS) is 19.2. The summed E-state index contributed by atoms with van der Waals surface area (Å²) in [5, 5.41) is 4.92. The number of ether oxygens (including phenoxy) is 2. The maximum absolute atomic E-state index is 13.6. The Kier molecular flexibility index (Phi) is 4.56. The molecule has 2 N–H and O–H groups in total. The molecule has 1 aliphatic heterocycles. The van der Waals surface area contributed by atoms with Crippen molar-refractivity contribution < 1.29 is 26.7 Å². The Labute approximate surface area is 115 Å². The molecule has 0 radical (unpaired) electrons. The van der Waals surface area contributed by atoms with Gasteiger partial charge < -0.3 is 9.47 Å². The molecule has 1 aliphatic rings. The van der Waals surface area contributed by atoms with Gasteiger partial charge in [0.05, 0.1) is 12.7 Å². The number of hydrogen-bond acceptors (Lipinski definition) is 4. The fourth-order valence-corrected chi connectivity index (χ4v) is 2.74. The van der Waals surface area contributed by atoms with Crippen molar-refractivity contribution >= 4 is 10.0 Å².